The smallest absolute Gasteiger partial charge is 0.460 e. The molecule has 190 valence electrons. The lowest BCUT2D eigenvalue weighted by molar-refractivity contribution is -0.237. The zero-order valence-corrected chi connectivity index (χ0v) is 20.0. The molecule has 10 heteroatoms. The number of hydrogen-bond donors (Lipinski definition) is 1. The first kappa shape index (κ1) is 25.3. The van der Waals surface area contributed by atoms with Crippen LogP contribution in [0.2, 0.25) is 0 Å². The van der Waals surface area contributed by atoms with Crippen molar-refractivity contribution in [3.05, 3.63) is 0 Å². The minimum atomic E-state index is -5.86. The number of carbonyl (C=O) groups is 1. The summed E-state index contributed by atoms with van der Waals surface area (Å²) in [5.41, 5.74) is -0.438. The molecule has 0 radical (unpaired) electrons. The second kappa shape index (κ2) is 9.66. The molecule has 0 spiro atoms. The van der Waals surface area contributed by atoms with Gasteiger partial charge in [0, 0.05) is 12.0 Å². The van der Waals surface area contributed by atoms with Crippen molar-refractivity contribution in [1.29, 1.82) is 0 Å². The van der Waals surface area contributed by atoms with Crippen LogP contribution in [-0.2, 0) is 29.1 Å². The first-order valence-electron chi connectivity index (χ1n) is 12.3. The van der Waals surface area contributed by atoms with Crippen LogP contribution in [0.3, 0.4) is 0 Å². The Hall–Kier alpha value is -0.840. The summed E-state index contributed by atoms with van der Waals surface area (Å²) in [4.78, 5) is 11.7. The summed E-state index contributed by atoms with van der Waals surface area (Å²) in [5, 5.41) is -4.95. The van der Waals surface area contributed by atoms with Gasteiger partial charge in [0.1, 0.15) is 0 Å². The summed E-state index contributed by atoms with van der Waals surface area (Å²) >= 11 is 0. The third kappa shape index (κ3) is 5.54. The van der Waals surface area contributed by atoms with Gasteiger partial charge in [0.15, 0.2) is 6.29 Å². The van der Waals surface area contributed by atoms with Gasteiger partial charge in [-0.25, -0.2) is 4.79 Å². The summed E-state index contributed by atoms with van der Waals surface area (Å²) in [6.07, 6.45) is 11.5. The lowest BCUT2D eigenvalue weighted by Crippen LogP contribution is -2.56. The Labute approximate surface area is 194 Å². The standard InChI is InChI=1S/C23H36F2O7S/c1-15(30-8-7-16-5-3-2-4-6-16)32-20-18-9-17-10-19(20)13-22(11-17,12-18)14-31-21(26)23(24,25)33(27,28)29/h15-20H,2-14H2,1H3,(H,27,28,29). The number of hydrogen-bond acceptors (Lipinski definition) is 6. The van der Waals surface area contributed by atoms with E-state index in [1.807, 2.05) is 6.92 Å². The van der Waals surface area contributed by atoms with Crippen LogP contribution >= 0.6 is 0 Å². The van der Waals surface area contributed by atoms with Gasteiger partial charge in [-0.15, -0.1) is 0 Å². The minimum absolute atomic E-state index is 0.0364. The molecule has 0 amide bonds. The Morgan fingerprint density at radius 2 is 1.76 bits per heavy atom. The van der Waals surface area contributed by atoms with E-state index < -0.39 is 26.8 Å². The molecule has 5 saturated carbocycles. The topological polar surface area (TPSA) is 99.1 Å². The maximum atomic E-state index is 13.6. The number of esters is 1. The van der Waals surface area contributed by atoms with E-state index in [0.717, 1.165) is 31.6 Å². The van der Waals surface area contributed by atoms with Crippen molar-refractivity contribution in [2.75, 3.05) is 13.2 Å². The minimum Gasteiger partial charge on any atom is -0.460 e. The highest BCUT2D eigenvalue weighted by Crippen LogP contribution is 2.61. The normalized spacial score (nSPS) is 35.5. The molecule has 0 heterocycles. The third-order valence-corrected chi connectivity index (χ3v) is 9.15. The van der Waals surface area contributed by atoms with Crippen LogP contribution in [0.1, 0.15) is 77.6 Å². The Morgan fingerprint density at radius 3 is 2.36 bits per heavy atom. The molecule has 0 aromatic heterocycles. The second-order valence-electron chi connectivity index (χ2n) is 10.9. The fourth-order valence-electron chi connectivity index (χ4n) is 7.09. The highest BCUT2D eigenvalue weighted by Gasteiger charge is 2.58. The molecule has 3 unspecified atom stereocenters. The number of rotatable bonds is 10. The Balaban J connectivity index is 1.28. The van der Waals surface area contributed by atoms with Crippen molar-refractivity contribution in [3.63, 3.8) is 0 Å². The van der Waals surface area contributed by atoms with Gasteiger partial charge in [-0.1, -0.05) is 32.1 Å². The predicted molar refractivity (Wildman–Crippen MR) is 115 cm³/mol. The Morgan fingerprint density at radius 1 is 1.12 bits per heavy atom. The van der Waals surface area contributed by atoms with Crippen molar-refractivity contribution < 1.29 is 40.8 Å². The van der Waals surface area contributed by atoms with Gasteiger partial charge in [-0.05, 0) is 69.1 Å². The first-order chi connectivity index (χ1) is 15.5. The SMILES string of the molecule is CC(OCCC1CCCCC1)OC1C2CC3CC1CC(COC(=O)C(F)(F)S(=O)(=O)O)(C3)C2. The molecule has 0 aromatic carbocycles. The third-order valence-electron chi connectivity index (χ3n) is 8.34. The van der Waals surface area contributed by atoms with Gasteiger partial charge < -0.3 is 14.2 Å². The average molecular weight is 495 g/mol. The maximum absolute atomic E-state index is 13.6. The zero-order chi connectivity index (χ0) is 23.9. The Kier molecular flexibility index (Phi) is 7.40. The molecule has 0 aromatic rings. The maximum Gasteiger partial charge on any atom is 0.465 e. The quantitative estimate of drug-likeness (QED) is 0.270. The van der Waals surface area contributed by atoms with E-state index in [9.17, 15) is 22.0 Å². The molecule has 4 bridgehead atoms. The fourth-order valence-corrected chi connectivity index (χ4v) is 7.36. The summed E-state index contributed by atoms with van der Waals surface area (Å²) in [6, 6.07) is 0. The van der Waals surface area contributed by atoms with Crippen LogP contribution in [0.5, 0.6) is 0 Å². The van der Waals surface area contributed by atoms with E-state index in [1.54, 1.807) is 0 Å². The van der Waals surface area contributed by atoms with Gasteiger partial charge in [0.25, 0.3) is 0 Å². The van der Waals surface area contributed by atoms with Crippen molar-refractivity contribution in [1.82, 2.24) is 0 Å². The van der Waals surface area contributed by atoms with Crippen LogP contribution in [0.4, 0.5) is 8.78 Å². The number of halogens is 2. The first-order valence-corrected chi connectivity index (χ1v) is 13.7. The molecular weight excluding hydrogens is 458 g/mol. The van der Waals surface area contributed by atoms with E-state index >= 15 is 0 Å². The van der Waals surface area contributed by atoms with Gasteiger partial charge in [0.2, 0.25) is 0 Å². The van der Waals surface area contributed by atoms with Crippen molar-refractivity contribution in [2.45, 2.75) is 95.2 Å². The van der Waals surface area contributed by atoms with Gasteiger partial charge in [-0.3, -0.25) is 4.55 Å². The van der Waals surface area contributed by atoms with E-state index in [1.165, 1.54) is 32.1 Å². The predicted octanol–water partition coefficient (Wildman–Crippen LogP) is 4.55. The number of carbonyl (C=O) groups excluding carboxylic acids is 1. The van der Waals surface area contributed by atoms with Gasteiger partial charge in [0.05, 0.1) is 12.7 Å². The molecule has 1 N–H and O–H groups in total. The molecule has 5 fully saturated rings. The largest absolute Gasteiger partial charge is 0.465 e. The molecule has 3 atom stereocenters. The van der Waals surface area contributed by atoms with E-state index in [0.29, 0.717) is 25.4 Å². The lowest BCUT2D eigenvalue weighted by Gasteiger charge is -2.59. The van der Waals surface area contributed by atoms with Crippen LogP contribution < -0.4 is 0 Å². The average Bonchev–Trinajstić information content (AvgIpc) is 2.74. The zero-order valence-electron chi connectivity index (χ0n) is 19.2. The lowest BCUT2D eigenvalue weighted by atomic mass is 9.49. The number of ether oxygens (including phenoxy) is 3. The summed E-state index contributed by atoms with van der Waals surface area (Å²) in [7, 11) is -5.86. The van der Waals surface area contributed by atoms with Gasteiger partial charge >= 0.3 is 21.3 Å². The second-order valence-corrected chi connectivity index (χ2v) is 12.3. The van der Waals surface area contributed by atoms with Crippen LogP contribution in [-0.4, -0.2) is 49.8 Å². The van der Waals surface area contributed by atoms with Crippen molar-refractivity contribution in [3.8, 4) is 0 Å². The van der Waals surface area contributed by atoms with E-state index in [-0.39, 0.29) is 30.8 Å². The highest BCUT2D eigenvalue weighted by molar-refractivity contribution is 7.87. The summed E-state index contributed by atoms with van der Waals surface area (Å²) in [6.45, 7) is 2.36. The van der Waals surface area contributed by atoms with Crippen molar-refractivity contribution in [2.24, 2.45) is 29.1 Å². The van der Waals surface area contributed by atoms with Crippen LogP contribution in [0.15, 0.2) is 0 Å². The van der Waals surface area contributed by atoms with Gasteiger partial charge in [-0.2, -0.15) is 17.2 Å². The molecule has 0 aliphatic heterocycles. The van der Waals surface area contributed by atoms with Crippen molar-refractivity contribution >= 4 is 16.1 Å². The van der Waals surface area contributed by atoms with E-state index in [4.69, 9.17) is 18.8 Å². The van der Waals surface area contributed by atoms with Crippen LogP contribution in [0, 0.1) is 29.1 Å². The molecule has 5 rings (SSSR count). The number of alkyl halides is 2. The molecular formula is C23H36F2O7S. The van der Waals surface area contributed by atoms with E-state index in [2.05, 4.69) is 0 Å². The molecule has 7 nitrogen and oxygen atoms in total. The summed E-state index contributed by atoms with van der Waals surface area (Å²) in [5.74, 6) is -0.565. The van der Waals surface area contributed by atoms with Crippen LogP contribution in [0.25, 0.3) is 0 Å². The molecule has 5 aliphatic rings. The summed E-state index contributed by atoms with van der Waals surface area (Å²) < 4.78 is 74.4. The molecule has 33 heavy (non-hydrogen) atoms. The molecule has 0 saturated heterocycles. The Bertz CT molecular complexity index is 796. The molecule has 5 aliphatic carbocycles. The fraction of sp³-hybridized carbons (Fsp3) is 0.957. The monoisotopic (exact) mass is 494 g/mol. The highest BCUT2D eigenvalue weighted by atomic mass is 32.2.